The zero-order valence-electron chi connectivity index (χ0n) is 16.5. The molecule has 2 rings (SSSR count). The van der Waals surface area contributed by atoms with E-state index < -0.39 is 28.6 Å². The van der Waals surface area contributed by atoms with E-state index in [0.717, 1.165) is 12.0 Å². The van der Waals surface area contributed by atoms with E-state index in [9.17, 15) is 18.0 Å². The van der Waals surface area contributed by atoms with Gasteiger partial charge in [-0.2, -0.15) is 4.31 Å². The minimum absolute atomic E-state index is 0.143. The molecule has 0 bridgehead atoms. The summed E-state index contributed by atoms with van der Waals surface area (Å²) in [5.41, 5.74) is 0.828. The molecule has 0 radical (unpaired) electrons. The number of esters is 1. The van der Waals surface area contributed by atoms with Gasteiger partial charge in [0.1, 0.15) is 6.04 Å². The summed E-state index contributed by atoms with van der Waals surface area (Å²) in [6, 6.07) is 7.12. The lowest BCUT2D eigenvalue weighted by atomic mass is 10.1. The number of carbonyl (C=O) groups excluding carboxylic acids is 2. The van der Waals surface area contributed by atoms with E-state index in [-0.39, 0.29) is 17.3 Å². The van der Waals surface area contributed by atoms with Gasteiger partial charge < -0.3 is 9.64 Å². The van der Waals surface area contributed by atoms with Crippen molar-refractivity contribution in [1.29, 1.82) is 0 Å². The standard InChI is InChI=1S/C20H28N2O5S/c1-4-21(14-16(2)3)19(23)15-27-20(24)18-12-8-9-13-22(18)28(25,26)17-10-6-5-7-11-17/h5-7,10-11,18H,2,4,8-9,12-15H2,1,3H3. The van der Waals surface area contributed by atoms with Gasteiger partial charge in [0.15, 0.2) is 6.61 Å². The topological polar surface area (TPSA) is 84.0 Å². The summed E-state index contributed by atoms with van der Waals surface area (Å²) in [7, 11) is -3.81. The van der Waals surface area contributed by atoms with Crippen LogP contribution in [0.15, 0.2) is 47.4 Å². The fourth-order valence-corrected chi connectivity index (χ4v) is 4.85. The highest BCUT2D eigenvalue weighted by molar-refractivity contribution is 7.89. The number of carbonyl (C=O) groups is 2. The maximum atomic E-state index is 12.9. The van der Waals surface area contributed by atoms with E-state index in [1.54, 1.807) is 18.2 Å². The van der Waals surface area contributed by atoms with Crippen molar-refractivity contribution < 1.29 is 22.7 Å². The van der Waals surface area contributed by atoms with E-state index in [1.165, 1.54) is 21.3 Å². The molecule has 8 heteroatoms. The Morgan fingerprint density at radius 3 is 2.54 bits per heavy atom. The summed E-state index contributed by atoms with van der Waals surface area (Å²) in [6.45, 7) is 8.14. The first-order valence-electron chi connectivity index (χ1n) is 9.43. The second-order valence-corrected chi connectivity index (χ2v) is 8.80. The van der Waals surface area contributed by atoms with Crippen LogP contribution in [0.3, 0.4) is 0 Å². The smallest absolute Gasteiger partial charge is 0.324 e. The van der Waals surface area contributed by atoms with Crippen molar-refractivity contribution in [3.8, 4) is 0 Å². The minimum Gasteiger partial charge on any atom is -0.454 e. The van der Waals surface area contributed by atoms with Gasteiger partial charge in [0.05, 0.1) is 4.90 Å². The fraction of sp³-hybridized carbons (Fsp3) is 0.500. The van der Waals surface area contributed by atoms with Crippen LogP contribution in [0.5, 0.6) is 0 Å². The van der Waals surface area contributed by atoms with Gasteiger partial charge in [-0.3, -0.25) is 9.59 Å². The van der Waals surface area contributed by atoms with Crippen LogP contribution in [0.4, 0.5) is 0 Å². The number of amides is 1. The van der Waals surface area contributed by atoms with Crippen molar-refractivity contribution >= 4 is 21.9 Å². The first-order valence-corrected chi connectivity index (χ1v) is 10.9. The molecule has 1 saturated heterocycles. The third kappa shape index (κ3) is 5.42. The van der Waals surface area contributed by atoms with Gasteiger partial charge in [0, 0.05) is 19.6 Å². The predicted molar refractivity (Wildman–Crippen MR) is 106 cm³/mol. The number of sulfonamides is 1. The van der Waals surface area contributed by atoms with Crippen LogP contribution in [0.25, 0.3) is 0 Å². The molecule has 0 aliphatic carbocycles. The van der Waals surface area contributed by atoms with Crippen molar-refractivity contribution in [3.63, 3.8) is 0 Å². The monoisotopic (exact) mass is 408 g/mol. The fourth-order valence-electron chi connectivity index (χ4n) is 3.18. The summed E-state index contributed by atoms with van der Waals surface area (Å²) < 4.78 is 32.3. The van der Waals surface area contributed by atoms with E-state index in [1.807, 2.05) is 13.8 Å². The molecule has 1 fully saturated rings. The summed E-state index contributed by atoms with van der Waals surface area (Å²) >= 11 is 0. The zero-order valence-corrected chi connectivity index (χ0v) is 17.3. The minimum atomic E-state index is -3.81. The van der Waals surface area contributed by atoms with E-state index in [4.69, 9.17) is 4.74 Å². The summed E-state index contributed by atoms with van der Waals surface area (Å²) in [5.74, 6) is -1.01. The Morgan fingerprint density at radius 2 is 1.93 bits per heavy atom. The van der Waals surface area contributed by atoms with Crippen molar-refractivity contribution in [2.24, 2.45) is 0 Å². The zero-order chi connectivity index (χ0) is 20.7. The van der Waals surface area contributed by atoms with Crippen molar-refractivity contribution in [2.75, 3.05) is 26.2 Å². The molecule has 1 heterocycles. The number of hydrogen-bond donors (Lipinski definition) is 0. The Bertz CT molecular complexity index is 807. The maximum absolute atomic E-state index is 12.9. The molecule has 1 aliphatic heterocycles. The molecule has 1 atom stereocenters. The van der Waals surface area contributed by atoms with E-state index in [0.29, 0.717) is 25.9 Å². The van der Waals surface area contributed by atoms with Gasteiger partial charge in [-0.25, -0.2) is 8.42 Å². The van der Waals surface area contributed by atoms with Crippen molar-refractivity contribution in [1.82, 2.24) is 9.21 Å². The highest BCUT2D eigenvalue weighted by Crippen LogP contribution is 2.26. The largest absolute Gasteiger partial charge is 0.454 e. The average Bonchev–Trinajstić information content (AvgIpc) is 2.70. The normalized spacial score (nSPS) is 17.7. The molecule has 0 saturated carbocycles. The van der Waals surface area contributed by atoms with Crippen LogP contribution in [0.2, 0.25) is 0 Å². The second kappa shape index (κ2) is 9.84. The molecule has 0 spiro atoms. The lowest BCUT2D eigenvalue weighted by Gasteiger charge is -2.33. The Morgan fingerprint density at radius 1 is 1.25 bits per heavy atom. The van der Waals surface area contributed by atoms with Gasteiger partial charge in [-0.05, 0) is 45.2 Å². The highest BCUT2D eigenvalue weighted by atomic mass is 32.2. The van der Waals surface area contributed by atoms with Crippen molar-refractivity contribution in [3.05, 3.63) is 42.5 Å². The molecule has 1 amide bonds. The Hall–Kier alpha value is -2.19. The summed E-state index contributed by atoms with van der Waals surface area (Å²) in [4.78, 5) is 26.6. The lowest BCUT2D eigenvalue weighted by molar-refractivity contribution is -0.155. The summed E-state index contributed by atoms with van der Waals surface area (Å²) in [6.07, 6.45) is 1.78. The molecule has 28 heavy (non-hydrogen) atoms. The Labute approximate surface area is 167 Å². The van der Waals surface area contributed by atoms with Crippen LogP contribution in [-0.2, 0) is 24.3 Å². The number of rotatable bonds is 8. The molecule has 1 aromatic carbocycles. The molecule has 1 unspecified atom stereocenters. The maximum Gasteiger partial charge on any atom is 0.324 e. The number of nitrogens with zero attached hydrogens (tertiary/aromatic N) is 2. The summed E-state index contributed by atoms with van der Waals surface area (Å²) in [5, 5.41) is 0. The number of likely N-dealkylation sites (N-methyl/N-ethyl adjacent to an activating group) is 1. The van der Waals surface area contributed by atoms with E-state index >= 15 is 0 Å². The molecule has 0 N–H and O–H groups in total. The van der Waals surface area contributed by atoms with Crippen LogP contribution < -0.4 is 0 Å². The third-order valence-corrected chi connectivity index (χ3v) is 6.53. The molecular weight excluding hydrogens is 380 g/mol. The van der Waals surface area contributed by atoms with Gasteiger partial charge in [-0.1, -0.05) is 30.4 Å². The van der Waals surface area contributed by atoms with Crippen molar-refractivity contribution in [2.45, 2.75) is 44.0 Å². The SMILES string of the molecule is C=C(C)CN(CC)C(=O)COC(=O)C1CCCCN1S(=O)(=O)c1ccccc1. The third-order valence-electron chi connectivity index (χ3n) is 4.61. The van der Waals surface area contributed by atoms with Gasteiger partial charge in [0.2, 0.25) is 10.0 Å². The van der Waals surface area contributed by atoms with E-state index in [2.05, 4.69) is 6.58 Å². The molecule has 1 aromatic rings. The predicted octanol–water partition coefficient (Wildman–Crippen LogP) is 2.20. The molecule has 0 aromatic heterocycles. The van der Waals surface area contributed by atoms with Gasteiger partial charge in [0.25, 0.3) is 5.91 Å². The number of hydrogen-bond acceptors (Lipinski definition) is 5. The van der Waals surface area contributed by atoms with Crippen LogP contribution in [0.1, 0.15) is 33.1 Å². The average molecular weight is 409 g/mol. The number of piperidine rings is 1. The molecule has 154 valence electrons. The molecular formula is C20H28N2O5S. The quantitative estimate of drug-likeness (QED) is 0.486. The molecule has 1 aliphatic rings. The first kappa shape index (κ1) is 22.1. The number of ether oxygens (including phenoxy) is 1. The first-order chi connectivity index (χ1) is 13.3. The Kier molecular flexibility index (Phi) is 7.77. The van der Waals surface area contributed by atoms with Gasteiger partial charge >= 0.3 is 5.97 Å². The van der Waals surface area contributed by atoms with Gasteiger partial charge in [-0.15, -0.1) is 0 Å². The van der Waals surface area contributed by atoms with Crippen LogP contribution >= 0.6 is 0 Å². The van der Waals surface area contributed by atoms with Crippen LogP contribution in [-0.4, -0.2) is 61.8 Å². The van der Waals surface area contributed by atoms with Crippen LogP contribution in [0, 0.1) is 0 Å². The number of benzene rings is 1. The molecule has 7 nitrogen and oxygen atoms in total. The second-order valence-electron chi connectivity index (χ2n) is 6.91. The Balaban J connectivity index is 2.08. The lowest BCUT2D eigenvalue weighted by Crippen LogP contribution is -2.49. The highest BCUT2D eigenvalue weighted by Gasteiger charge is 2.38.